The second-order valence-corrected chi connectivity index (χ2v) is 7.14. The number of hydrogen-bond donors (Lipinski definition) is 1. The minimum absolute atomic E-state index is 0.0399. The lowest BCUT2D eigenvalue weighted by Gasteiger charge is -2.22. The molecular weight excluding hydrogens is 432 g/mol. The van der Waals surface area contributed by atoms with Crippen LogP contribution in [0.4, 0.5) is 5.69 Å². The van der Waals surface area contributed by atoms with Crippen LogP contribution in [0.15, 0.2) is 83.3 Å². The number of carbonyl (C=O) groups is 2. The molecule has 1 aromatic heterocycles. The van der Waals surface area contributed by atoms with Crippen molar-refractivity contribution >= 4 is 18.1 Å². The van der Waals surface area contributed by atoms with Crippen molar-refractivity contribution in [2.24, 2.45) is 0 Å². The number of anilines is 1. The van der Waals surface area contributed by atoms with Crippen LogP contribution in [0, 0.1) is 6.92 Å². The van der Waals surface area contributed by atoms with Gasteiger partial charge >= 0.3 is 5.97 Å². The van der Waals surface area contributed by atoms with Crippen molar-refractivity contribution in [3.63, 3.8) is 0 Å². The Bertz CT molecular complexity index is 1660. The van der Waals surface area contributed by atoms with Crippen molar-refractivity contribution in [2.75, 3.05) is 5.06 Å². The van der Waals surface area contributed by atoms with E-state index in [1.54, 1.807) is 48.5 Å². The largest absolute Gasteiger partial charge is 0.481 e. The lowest BCUT2D eigenvalue weighted by Crippen LogP contribution is -2.24. The van der Waals surface area contributed by atoms with Gasteiger partial charge in [-0.1, -0.05) is 83.9 Å². The highest BCUT2D eigenvalue weighted by Crippen LogP contribution is 2.36. The summed E-state index contributed by atoms with van der Waals surface area (Å²) in [6.07, 6.45) is -3.39. The van der Waals surface area contributed by atoms with E-state index in [2.05, 4.69) is 5.16 Å². The fraction of sp³-hybridized carbons (Fsp3) is 0.148. The van der Waals surface area contributed by atoms with Gasteiger partial charge in [-0.15, -0.1) is 0 Å². The summed E-state index contributed by atoms with van der Waals surface area (Å²) >= 11 is 0. The third-order valence-corrected chi connectivity index (χ3v) is 4.85. The molecule has 0 saturated heterocycles. The molecule has 1 N–H and O–H groups in total. The lowest BCUT2D eigenvalue weighted by molar-refractivity contribution is -0.136. The zero-order valence-corrected chi connectivity index (χ0v) is 17.9. The topological polar surface area (TPSA) is 92.9 Å². The standard InChI is InChI=1S/C27H24N2O5/c1-18-26(29(17-30)34-19(2)21-6-4-3-5-7-21)27(33-28-18)24-14-12-23(13-15-24)22-10-8-20(9-11-22)16-25(31)32/h3-15,17,19H,16H2,1-2H3,(H,31,32)/i2D3,3D,4D,5D,6D,7D,19D. The highest BCUT2D eigenvalue weighted by molar-refractivity contribution is 5.84. The fourth-order valence-electron chi connectivity index (χ4n) is 3.24. The number of rotatable bonds is 9. The fourth-order valence-corrected chi connectivity index (χ4v) is 3.24. The van der Waals surface area contributed by atoms with Crippen LogP contribution in [0.25, 0.3) is 22.5 Å². The zero-order chi connectivity index (χ0) is 31.9. The highest BCUT2D eigenvalue weighted by atomic mass is 16.7. The first-order valence-corrected chi connectivity index (χ1v) is 9.99. The molecule has 0 aliphatic carbocycles. The van der Waals surface area contributed by atoms with Gasteiger partial charge in [-0.25, -0.2) is 0 Å². The first-order chi connectivity index (χ1) is 20.1. The maximum atomic E-state index is 12.3. The summed E-state index contributed by atoms with van der Waals surface area (Å²) in [5.74, 6) is -0.986. The summed E-state index contributed by atoms with van der Waals surface area (Å²) in [5.41, 5.74) is 1.48. The van der Waals surface area contributed by atoms with E-state index < -0.39 is 54.7 Å². The van der Waals surface area contributed by atoms with Crippen LogP contribution in [0.1, 0.15) is 42.1 Å². The van der Waals surface area contributed by atoms with Crippen molar-refractivity contribution in [3.05, 3.63) is 95.6 Å². The summed E-state index contributed by atoms with van der Waals surface area (Å²) in [6.45, 7) is -2.02. The van der Waals surface area contributed by atoms with Crippen molar-refractivity contribution in [1.82, 2.24) is 5.16 Å². The smallest absolute Gasteiger partial charge is 0.307 e. The summed E-state index contributed by atoms with van der Waals surface area (Å²) in [6, 6.07) is 9.11. The number of hydrogen-bond acceptors (Lipinski definition) is 5. The normalized spacial score (nSPS) is 16.8. The van der Waals surface area contributed by atoms with Gasteiger partial charge in [0, 0.05) is 9.68 Å². The Balaban J connectivity index is 1.74. The van der Waals surface area contributed by atoms with Gasteiger partial charge in [0.05, 0.1) is 14.6 Å². The summed E-state index contributed by atoms with van der Waals surface area (Å²) in [4.78, 5) is 28.7. The van der Waals surface area contributed by atoms with E-state index in [-0.39, 0.29) is 30.0 Å². The molecule has 1 atom stereocenters. The minimum atomic E-state index is -3.45. The molecular formula is C27H24N2O5. The van der Waals surface area contributed by atoms with Gasteiger partial charge in [0.15, 0.2) is 5.76 Å². The van der Waals surface area contributed by atoms with E-state index in [9.17, 15) is 9.59 Å². The van der Waals surface area contributed by atoms with Crippen LogP contribution in [0.2, 0.25) is 0 Å². The number of hydroxylamine groups is 1. The molecule has 0 fully saturated rings. The number of carbonyl (C=O) groups excluding carboxylic acids is 1. The maximum absolute atomic E-state index is 12.3. The molecule has 7 nitrogen and oxygen atoms in total. The third-order valence-electron chi connectivity index (χ3n) is 4.85. The Labute approximate surface area is 209 Å². The molecule has 1 heterocycles. The van der Waals surface area contributed by atoms with E-state index in [1.165, 1.54) is 6.92 Å². The van der Waals surface area contributed by atoms with Gasteiger partial charge in [-0.2, -0.15) is 5.06 Å². The molecule has 1 amide bonds. The van der Waals surface area contributed by atoms with Crippen molar-refractivity contribution < 1.29 is 36.4 Å². The molecule has 0 spiro atoms. The zero-order valence-electron chi connectivity index (χ0n) is 26.9. The molecule has 0 radical (unpaired) electrons. The molecule has 4 rings (SSSR count). The Morgan fingerprint density at radius 2 is 1.76 bits per heavy atom. The average molecular weight is 466 g/mol. The van der Waals surface area contributed by atoms with Gasteiger partial charge in [0.25, 0.3) is 0 Å². The highest BCUT2D eigenvalue weighted by Gasteiger charge is 2.24. The van der Waals surface area contributed by atoms with E-state index in [1.807, 2.05) is 0 Å². The Morgan fingerprint density at radius 3 is 2.35 bits per heavy atom. The molecule has 0 aliphatic heterocycles. The average Bonchev–Trinajstić information content (AvgIpc) is 3.34. The van der Waals surface area contributed by atoms with Crippen LogP contribution in [0.5, 0.6) is 0 Å². The molecule has 7 heteroatoms. The van der Waals surface area contributed by atoms with Crippen LogP contribution in [-0.2, 0) is 20.8 Å². The third kappa shape index (κ3) is 5.05. The van der Waals surface area contributed by atoms with Crippen molar-refractivity contribution in [3.8, 4) is 22.5 Å². The number of benzene rings is 3. The lowest BCUT2D eigenvalue weighted by atomic mass is 10.0. The van der Waals surface area contributed by atoms with Crippen LogP contribution < -0.4 is 5.06 Å². The van der Waals surface area contributed by atoms with Crippen LogP contribution in [0.3, 0.4) is 0 Å². The van der Waals surface area contributed by atoms with Gasteiger partial charge in [-0.05, 0) is 36.0 Å². The van der Waals surface area contributed by atoms with Gasteiger partial charge in [-0.3, -0.25) is 14.4 Å². The SMILES string of the molecule is [2H]c1c([2H])c([2H])c(C([2H])(ON(C=O)c2c(C)noc2-c2ccc(-c3ccc(CC(=O)O)cc3)cc2)C([2H])([2H])[2H])c([2H])c1[2H]. The Kier molecular flexibility index (Phi) is 4.21. The van der Waals surface area contributed by atoms with E-state index in [0.29, 0.717) is 16.2 Å². The number of carboxylic acid groups (broad SMARTS) is 1. The molecule has 1 unspecified atom stereocenters. The van der Waals surface area contributed by atoms with E-state index in [0.717, 1.165) is 11.1 Å². The summed E-state index contributed by atoms with van der Waals surface area (Å²) in [7, 11) is 0. The first-order valence-electron chi connectivity index (χ1n) is 14.5. The Hall–Kier alpha value is -4.23. The predicted molar refractivity (Wildman–Crippen MR) is 128 cm³/mol. The molecule has 34 heavy (non-hydrogen) atoms. The van der Waals surface area contributed by atoms with Crippen molar-refractivity contribution in [2.45, 2.75) is 26.3 Å². The number of aliphatic carboxylic acids is 1. The predicted octanol–water partition coefficient (Wildman–Crippen LogP) is 5.60. The molecule has 0 aliphatic rings. The molecule has 172 valence electrons. The monoisotopic (exact) mass is 465 g/mol. The first kappa shape index (κ1) is 14.1. The molecule has 0 saturated carbocycles. The number of aryl methyl sites for hydroxylation is 1. The second kappa shape index (κ2) is 10.1. The number of aromatic nitrogens is 1. The number of carboxylic acids is 1. The molecule has 4 aromatic rings. The van der Waals surface area contributed by atoms with Crippen LogP contribution >= 0.6 is 0 Å². The van der Waals surface area contributed by atoms with Crippen LogP contribution in [-0.4, -0.2) is 22.6 Å². The van der Waals surface area contributed by atoms with Gasteiger partial charge < -0.3 is 9.63 Å². The van der Waals surface area contributed by atoms with Gasteiger partial charge in [0.2, 0.25) is 6.41 Å². The maximum Gasteiger partial charge on any atom is 0.307 e. The number of amides is 1. The summed E-state index contributed by atoms with van der Waals surface area (Å²) in [5, 5.41) is 13.2. The second-order valence-electron chi connectivity index (χ2n) is 7.14. The van der Waals surface area contributed by atoms with Crippen molar-refractivity contribution in [1.29, 1.82) is 0 Å². The quantitative estimate of drug-likeness (QED) is 0.255. The van der Waals surface area contributed by atoms with E-state index in [4.69, 9.17) is 26.8 Å². The Morgan fingerprint density at radius 1 is 1.15 bits per heavy atom. The number of nitrogens with zero attached hydrogens (tertiary/aromatic N) is 2. The van der Waals surface area contributed by atoms with E-state index >= 15 is 0 Å². The summed E-state index contributed by atoms with van der Waals surface area (Å²) < 4.78 is 78.3. The minimum Gasteiger partial charge on any atom is -0.481 e. The molecule has 3 aromatic carbocycles. The van der Waals surface area contributed by atoms with Gasteiger partial charge in [0.1, 0.15) is 17.5 Å². The molecule has 0 bridgehead atoms.